The Hall–Kier alpha value is -0.300. The molecule has 0 aliphatic carbocycles. The minimum atomic E-state index is -3.15. The van der Waals surface area contributed by atoms with Crippen LogP contribution in [0.5, 0.6) is 0 Å². The average molecular weight is 92.2 g/mol. The number of rotatable bonds is 2. The van der Waals surface area contributed by atoms with E-state index < -0.39 is 19.3 Å². The first kappa shape index (κ1) is 1.10. The highest BCUT2D eigenvalue weighted by Crippen LogP contribution is 1.85. The van der Waals surface area contributed by atoms with Crippen molar-refractivity contribution in [3.8, 4) is 0 Å². The van der Waals surface area contributed by atoms with Gasteiger partial charge in [0, 0.05) is 6.85 Å². The van der Waals surface area contributed by atoms with Gasteiger partial charge in [-0.15, -0.1) is 6.58 Å². The molecule has 1 atom stereocenters. The quantitative estimate of drug-likeness (QED) is 0.503. The highest BCUT2D eigenvalue weighted by atomic mass is 16.3. The predicted octanol–water partition coefficient (Wildman–Crippen LogP) is 0.943. The maximum atomic E-state index is 9.04. The number of aliphatic hydroxyl groups is 1. The fourth-order valence-electron chi connectivity index (χ4n) is 0.0967. The van der Waals surface area contributed by atoms with Crippen LogP contribution in [0, 0.1) is 0 Å². The van der Waals surface area contributed by atoms with Crippen LogP contribution in [0.1, 0.15) is 21.4 Å². The molecular weight excluding hydrogens is 76.1 g/mol. The molecule has 0 aromatic rings. The molecule has 0 aromatic heterocycles. The van der Waals surface area contributed by atoms with Crippen molar-refractivity contribution >= 4 is 0 Å². The topological polar surface area (TPSA) is 20.2 Å². The van der Waals surface area contributed by atoms with Gasteiger partial charge in [0.1, 0.15) is 0 Å². The van der Waals surface area contributed by atoms with Crippen molar-refractivity contribution in [3.05, 3.63) is 12.7 Å². The lowest BCUT2D eigenvalue weighted by atomic mass is 10.3. The average Bonchev–Trinajstić information content (AvgIpc) is 1.85. The minimum absolute atomic E-state index is 0.604. The standard InChI is InChI=1S/C5H10O/c1-3-4-5(2)6/h3,5-6H,1,4H2,2H3/t5-/m0/s1/i2D3,4D2,5D. The molecule has 0 aromatic carbocycles. The van der Waals surface area contributed by atoms with Crippen molar-refractivity contribution in [1.82, 2.24) is 0 Å². The van der Waals surface area contributed by atoms with Gasteiger partial charge in [0.25, 0.3) is 0 Å². The Morgan fingerprint density at radius 2 is 3.33 bits per heavy atom. The van der Waals surface area contributed by atoms with Gasteiger partial charge in [0.2, 0.25) is 0 Å². The molecule has 0 spiro atoms. The van der Waals surface area contributed by atoms with E-state index >= 15 is 0 Å². The van der Waals surface area contributed by atoms with Gasteiger partial charge in [-0.1, -0.05) is 6.08 Å². The van der Waals surface area contributed by atoms with E-state index in [1.54, 1.807) is 0 Å². The maximum absolute atomic E-state index is 9.04. The molecule has 6 heavy (non-hydrogen) atoms. The summed E-state index contributed by atoms with van der Waals surface area (Å²) in [6, 6.07) is 0. The third-order valence-corrected chi connectivity index (χ3v) is 0.239. The minimum Gasteiger partial charge on any atom is -0.393 e. The zero-order chi connectivity index (χ0) is 10.2. The first-order valence-corrected chi connectivity index (χ1v) is 1.42. The molecule has 0 bridgehead atoms. The highest BCUT2D eigenvalue weighted by Gasteiger charge is 1.84. The van der Waals surface area contributed by atoms with E-state index in [1.807, 2.05) is 0 Å². The Balaban J connectivity index is 4.97. The second-order valence-corrected chi connectivity index (χ2v) is 0.697. The van der Waals surface area contributed by atoms with Crippen LogP contribution in [0.3, 0.4) is 0 Å². The number of hydrogen-bond donors (Lipinski definition) is 1. The Kier molecular flexibility index (Phi) is 0.534. The van der Waals surface area contributed by atoms with E-state index in [2.05, 4.69) is 6.58 Å². The Labute approximate surface area is 46.7 Å². The van der Waals surface area contributed by atoms with E-state index in [0.717, 1.165) is 0 Å². The first-order valence-electron chi connectivity index (χ1n) is 4.42. The molecule has 0 aliphatic heterocycles. The Bertz CT molecular complexity index is 181. The van der Waals surface area contributed by atoms with Crippen molar-refractivity contribution in [1.29, 1.82) is 0 Å². The fourth-order valence-corrected chi connectivity index (χ4v) is 0.0967. The van der Waals surface area contributed by atoms with Crippen LogP contribution in [0.4, 0.5) is 0 Å². The van der Waals surface area contributed by atoms with Crippen molar-refractivity contribution in [3.63, 3.8) is 0 Å². The van der Waals surface area contributed by atoms with Gasteiger partial charge in [-0.25, -0.2) is 0 Å². The van der Waals surface area contributed by atoms with E-state index in [0.29, 0.717) is 6.08 Å². The SMILES string of the molecule is [2H]C([2H])([2H])[C@]([2H])(O)C([2H])([2H])C=C. The van der Waals surface area contributed by atoms with Crippen molar-refractivity contribution in [2.24, 2.45) is 0 Å². The van der Waals surface area contributed by atoms with Gasteiger partial charge in [-0.05, 0) is 13.2 Å². The van der Waals surface area contributed by atoms with E-state index in [4.69, 9.17) is 13.3 Å². The molecule has 0 amide bonds. The smallest absolute Gasteiger partial charge is 0.0601 e. The molecule has 1 heteroatoms. The molecular formula is C5H10O. The van der Waals surface area contributed by atoms with Crippen LogP contribution in [-0.2, 0) is 0 Å². The van der Waals surface area contributed by atoms with Crippen molar-refractivity contribution in [2.45, 2.75) is 19.3 Å². The molecule has 36 valence electrons. The molecule has 0 radical (unpaired) electrons. The highest BCUT2D eigenvalue weighted by molar-refractivity contribution is 4.68. The van der Waals surface area contributed by atoms with Crippen LogP contribution in [0.25, 0.3) is 0 Å². The summed E-state index contributed by atoms with van der Waals surface area (Å²) >= 11 is 0. The molecule has 1 nitrogen and oxygen atoms in total. The van der Waals surface area contributed by atoms with E-state index in [-0.39, 0.29) is 0 Å². The van der Waals surface area contributed by atoms with Crippen molar-refractivity contribution < 1.29 is 13.3 Å². The van der Waals surface area contributed by atoms with Gasteiger partial charge in [-0.3, -0.25) is 0 Å². The zero-order valence-corrected chi connectivity index (χ0v) is 3.23. The molecule has 0 rings (SSSR count). The normalized spacial score (nSPS) is 38.2. The fraction of sp³-hybridized carbons (Fsp3) is 0.600. The Morgan fingerprint density at radius 1 is 2.67 bits per heavy atom. The molecule has 0 saturated heterocycles. The zero-order valence-electron chi connectivity index (χ0n) is 9.23. The van der Waals surface area contributed by atoms with Crippen molar-refractivity contribution in [2.75, 3.05) is 0 Å². The van der Waals surface area contributed by atoms with Gasteiger partial charge in [-0.2, -0.15) is 0 Å². The van der Waals surface area contributed by atoms with Gasteiger partial charge >= 0.3 is 0 Å². The summed E-state index contributed by atoms with van der Waals surface area (Å²) < 4.78 is 41.0. The second kappa shape index (κ2) is 2.91. The van der Waals surface area contributed by atoms with E-state index in [9.17, 15) is 0 Å². The third kappa shape index (κ3) is 3.70. The third-order valence-electron chi connectivity index (χ3n) is 0.239. The van der Waals surface area contributed by atoms with Crippen LogP contribution in [-0.4, -0.2) is 11.2 Å². The van der Waals surface area contributed by atoms with Crippen LogP contribution >= 0.6 is 0 Å². The summed E-state index contributed by atoms with van der Waals surface area (Å²) in [7, 11) is 0. The maximum Gasteiger partial charge on any atom is 0.0601 e. The van der Waals surface area contributed by atoms with Crippen LogP contribution in [0.15, 0.2) is 12.7 Å². The number of hydrogen-bond acceptors (Lipinski definition) is 1. The molecule has 0 heterocycles. The molecule has 0 fully saturated rings. The molecule has 0 aliphatic rings. The van der Waals surface area contributed by atoms with Gasteiger partial charge in [0.05, 0.1) is 7.45 Å². The van der Waals surface area contributed by atoms with E-state index in [1.165, 1.54) is 0 Å². The monoisotopic (exact) mass is 92.1 g/mol. The first-order chi connectivity index (χ1) is 5.06. The predicted molar refractivity (Wildman–Crippen MR) is 26.5 cm³/mol. The molecule has 1 N–H and O–H groups in total. The molecule has 0 unspecified atom stereocenters. The van der Waals surface area contributed by atoms with Crippen LogP contribution in [0.2, 0.25) is 0 Å². The summed E-state index contributed by atoms with van der Waals surface area (Å²) in [6.45, 7) is -0.0854. The lowest BCUT2D eigenvalue weighted by molar-refractivity contribution is 0.198. The summed E-state index contributed by atoms with van der Waals surface area (Å²) in [5, 5.41) is 9.04. The lowest BCUT2D eigenvalue weighted by Gasteiger charge is -1.92. The molecule has 0 saturated carbocycles. The van der Waals surface area contributed by atoms with Gasteiger partial charge < -0.3 is 5.11 Å². The lowest BCUT2D eigenvalue weighted by Crippen LogP contribution is -1.94. The second-order valence-electron chi connectivity index (χ2n) is 0.697. The Morgan fingerprint density at radius 3 is 3.50 bits per heavy atom. The van der Waals surface area contributed by atoms with Crippen LogP contribution < -0.4 is 0 Å². The largest absolute Gasteiger partial charge is 0.393 e. The summed E-state index contributed by atoms with van der Waals surface area (Å²) in [5.41, 5.74) is 0. The summed E-state index contributed by atoms with van der Waals surface area (Å²) in [6.07, 6.45) is -5.20. The van der Waals surface area contributed by atoms with Gasteiger partial charge in [0.15, 0.2) is 0 Å². The summed E-state index contributed by atoms with van der Waals surface area (Å²) in [4.78, 5) is 0. The summed E-state index contributed by atoms with van der Waals surface area (Å²) in [5.74, 6) is 0.